The molecule has 2 aromatic heterocycles. The molecule has 3 aromatic rings. The molecule has 9 heteroatoms. The monoisotopic (exact) mass is 496 g/mol. The molecule has 3 heterocycles. The topological polar surface area (TPSA) is 96.2 Å². The van der Waals surface area contributed by atoms with E-state index in [0.29, 0.717) is 35.0 Å². The average Bonchev–Trinajstić information content (AvgIpc) is 3.40. The van der Waals surface area contributed by atoms with Gasteiger partial charge in [-0.1, -0.05) is 44.5 Å². The van der Waals surface area contributed by atoms with E-state index < -0.39 is 5.91 Å². The van der Waals surface area contributed by atoms with Crippen LogP contribution < -0.4 is 15.5 Å². The fraction of sp³-hybridized carbons (Fsp3) is 0.481. The number of carbonyl (C=O) groups excluding carboxylic acids is 1. The lowest BCUT2D eigenvalue weighted by Crippen LogP contribution is -2.44. The Morgan fingerprint density at radius 1 is 1.22 bits per heavy atom. The molecular weight excluding hydrogens is 459 g/mol. The summed E-state index contributed by atoms with van der Waals surface area (Å²) in [5.41, 5.74) is 3.44. The highest BCUT2D eigenvalue weighted by Gasteiger charge is 2.23. The highest BCUT2D eigenvalue weighted by atomic mass is 19.1. The molecule has 0 bridgehead atoms. The van der Waals surface area contributed by atoms with E-state index in [1.165, 1.54) is 6.42 Å². The number of carbonyl (C=O) groups is 1. The second-order valence-corrected chi connectivity index (χ2v) is 8.94. The van der Waals surface area contributed by atoms with E-state index in [0.717, 1.165) is 37.2 Å². The second-order valence-electron chi connectivity index (χ2n) is 8.94. The van der Waals surface area contributed by atoms with Crippen LogP contribution in [0.5, 0.6) is 0 Å². The molecule has 1 aromatic carbocycles. The zero-order valence-electron chi connectivity index (χ0n) is 21.9. The number of amides is 1. The van der Waals surface area contributed by atoms with Gasteiger partial charge in [0.2, 0.25) is 0 Å². The van der Waals surface area contributed by atoms with Crippen LogP contribution in [0.3, 0.4) is 0 Å². The van der Waals surface area contributed by atoms with Crippen molar-refractivity contribution in [3.63, 3.8) is 0 Å². The van der Waals surface area contributed by atoms with Crippen LogP contribution in [0.2, 0.25) is 0 Å². The van der Waals surface area contributed by atoms with Crippen molar-refractivity contribution >= 4 is 11.6 Å². The Balaban J connectivity index is 0.00000115. The van der Waals surface area contributed by atoms with Gasteiger partial charge >= 0.3 is 11.8 Å². The second kappa shape index (κ2) is 13.1. The molecule has 4 rings (SSSR count). The Bertz CT molecular complexity index is 1150. The fourth-order valence-electron chi connectivity index (χ4n) is 4.16. The maximum Gasteiger partial charge on any atom is 0.315 e. The lowest BCUT2D eigenvalue weighted by molar-refractivity contribution is 0.0907. The number of aromatic nitrogens is 3. The number of anilines is 1. The summed E-state index contributed by atoms with van der Waals surface area (Å²) in [5.74, 6) is -0.409. The van der Waals surface area contributed by atoms with Gasteiger partial charge in [0.05, 0.1) is 11.9 Å². The van der Waals surface area contributed by atoms with Gasteiger partial charge in [0.15, 0.2) is 5.82 Å². The SMILES string of the molecule is CCC.CCc1noc(C(=O)NCc2ccc(-c3ccncc3N3CCCC(NC)C3)c(F)c2C)n1. The third-order valence-electron chi connectivity index (χ3n) is 6.18. The molecule has 0 radical (unpaired) electrons. The molecule has 1 fully saturated rings. The van der Waals surface area contributed by atoms with Gasteiger partial charge in [0.25, 0.3) is 0 Å². The van der Waals surface area contributed by atoms with Crippen molar-refractivity contribution in [2.75, 3.05) is 25.0 Å². The first-order chi connectivity index (χ1) is 17.4. The minimum atomic E-state index is -0.480. The number of rotatable bonds is 7. The van der Waals surface area contributed by atoms with Gasteiger partial charge in [0.1, 0.15) is 5.82 Å². The summed E-state index contributed by atoms with van der Waals surface area (Å²) in [4.78, 5) is 22.9. The van der Waals surface area contributed by atoms with Gasteiger partial charge in [-0.05, 0) is 44.0 Å². The van der Waals surface area contributed by atoms with Crippen molar-refractivity contribution < 1.29 is 13.7 Å². The summed E-state index contributed by atoms with van der Waals surface area (Å²) in [6.07, 6.45) is 7.52. The minimum absolute atomic E-state index is 0.0931. The number of aryl methyl sites for hydroxylation is 1. The molecule has 1 aliphatic heterocycles. The average molecular weight is 497 g/mol. The summed E-state index contributed by atoms with van der Waals surface area (Å²) in [6, 6.07) is 5.87. The van der Waals surface area contributed by atoms with Crippen molar-refractivity contribution in [2.45, 2.75) is 66.0 Å². The summed E-state index contributed by atoms with van der Waals surface area (Å²) in [5, 5.41) is 9.80. The van der Waals surface area contributed by atoms with Crippen molar-refractivity contribution in [2.24, 2.45) is 0 Å². The van der Waals surface area contributed by atoms with Gasteiger partial charge in [-0.15, -0.1) is 0 Å². The van der Waals surface area contributed by atoms with Crippen molar-refractivity contribution in [3.05, 3.63) is 59.3 Å². The largest absolute Gasteiger partial charge is 0.368 e. The quantitative estimate of drug-likeness (QED) is 0.490. The standard InChI is InChI=1S/C24H29FN6O2.C3H8/c1-4-21-29-24(33-30-21)23(32)28-12-16-7-8-19(22(25)15(16)2)18-9-10-27-13-20(18)31-11-5-6-17(14-31)26-3;1-3-2/h7-10,13,17,26H,4-6,11-12,14H2,1-3H3,(H,28,32);3H2,1-2H3. The zero-order valence-corrected chi connectivity index (χ0v) is 21.9. The van der Waals surface area contributed by atoms with Gasteiger partial charge in [-0.25, -0.2) is 4.39 Å². The van der Waals surface area contributed by atoms with E-state index in [4.69, 9.17) is 4.52 Å². The Morgan fingerprint density at radius 2 is 2.00 bits per heavy atom. The van der Waals surface area contributed by atoms with E-state index in [-0.39, 0.29) is 18.3 Å². The molecule has 36 heavy (non-hydrogen) atoms. The molecule has 0 saturated carbocycles. The van der Waals surface area contributed by atoms with E-state index >= 15 is 4.39 Å². The molecular formula is C27H37FN6O2. The first-order valence-electron chi connectivity index (χ1n) is 12.7. The normalized spacial score (nSPS) is 15.3. The number of hydrogen-bond donors (Lipinski definition) is 2. The zero-order chi connectivity index (χ0) is 26.1. The molecule has 1 aliphatic rings. The predicted molar refractivity (Wildman–Crippen MR) is 139 cm³/mol. The van der Waals surface area contributed by atoms with Crippen LogP contribution in [0.1, 0.15) is 67.7 Å². The molecule has 1 unspecified atom stereocenters. The van der Waals surface area contributed by atoms with Gasteiger partial charge < -0.3 is 20.1 Å². The number of nitrogens with zero attached hydrogens (tertiary/aromatic N) is 4. The van der Waals surface area contributed by atoms with Crippen LogP contribution in [-0.4, -0.2) is 47.2 Å². The third kappa shape index (κ3) is 6.46. The molecule has 1 atom stereocenters. The molecule has 0 aliphatic carbocycles. The van der Waals surface area contributed by atoms with Gasteiger partial charge in [-0.2, -0.15) is 4.98 Å². The molecule has 1 saturated heterocycles. The molecule has 8 nitrogen and oxygen atoms in total. The lowest BCUT2D eigenvalue weighted by atomic mass is 9.97. The van der Waals surface area contributed by atoms with E-state index in [1.54, 1.807) is 19.2 Å². The third-order valence-corrected chi connectivity index (χ3v) is 6.18. The Kier molecular flexibility index (Phi) is 9.93. The molecule has 2 N–H and O–H groups in total. The number of halogens is 1. The van der Waals surface area contributed by atoms with E-state index in [2.05, 4.69) is 44.5 Å². The Labute approximate surface area is 212 Å². The Morgan fingerprint density at radius 3 is 2.69 bits per heavy atom. The lowest BCUT2D eigenvalue weighted by Gasteiger charge is -2.35. The summed E-state index contributed by atoms with van der Waals surface area (Å²) >= 11 is 0. The van der Waals surface area contributed by atoms with Crippen molar-refractivity contribution in [3.8, 4) is 11.1 Å². The number of benzene rings is 1. The summed E-state index contributed by atoms with van der Waals surface area (Å²) < 4.78 is 20.5. The highest BCUT2D eigenvalue weighted by molar-refractivity contribution is 5.89. The fourth-order valence-corrected chi connectivity index (χ4v) is 4.16. The van der Waals surface area contributed by atoms with Crippen molar-refractivity contribution in [1.82, 2.24) is 25.8 Å². The van der Waals surface area contributed by atoms with Crippen LogP contribution in [0, 0.1) is 12.7 Å². The predicted octanol–water partition coefficient (Wildman–Crippen LogP) is 4.68. The Hall–Kier alpha value is -3.33. The first-order valence-corrected chi connectivity index (χ1v) is 12.7. The van der Waals surface area contributed by atoms with E-state index in [1.807, 2.05) is 32.3 Å². The van der Waals surface area contributed by atoms with Crippen LogP contribution in [0.4, 0.5) is 10.1 Å². The van der Waals surface area contributed by atoms with Gasteiger partial charge in [0, 0.05) is 49.4 Å². The van der Waals surface area contributed by atoms with E-state index in [9.17, 15) is 4.79 Å². The first kappa shape index (κ1) is 27.3. The van der Waals surface area contributed by atoms with Gasteiger partial charge in [-0.3, -0.25) is 9.78 Å². The molecule has 0 spiro atoms. The molecule has 194 valence electrons. The minimum Gasteiger partial charge on any atom is -0.368 e. The molecule has 1 amide bonds. The number of pyridine rings is 1. The van der Waals surface area contributed by atoms with Crippen molar-refractivity contribution in [1.29, 1.82) is 0 Å². The number of nitrogens with one attached hydrogen (secondary N) is 2. The number of likely N-dealkylation sites (N-methyl/N-ethyl adjacent to an activating group) is 1. The number of hydrogen-bond acceptors (Lipinski definition) is 7. The van der Waals surface area contributed by atoms with Crippen LogP contribution in [0.25, 0.3) is 11.1 Å². The summed E-state index contributed by atoms with van der Waals surface area (Å²) in [7, 11) is 1.97. The van der Waals surface area contributed by atoms with Crippen LogP contribution in [0.15, 0.2) is 35.1 Å². The van der Waals surface area contributed by atoms with Crippen LogP contribution >= 0.6 is 0 Å². The highest BCUT2D eigenvalue weighted by Crippen LogP contribution is 2.35. The van der Waals surface area contributed by atoms with Crippen LogP contribution in [-0.2, 0) is 13.0 Å². The smallest absolute Gasteiger partial charge is 0.315 e. The maximum absolute atomic E-state index is 15.5. The maximum atomic E-state index is 15.5. The summed E-state index contributed by atoms with van der Waals surface area (Å²) in [6.45, 7) is 9.77. The number of piperidine rings is 1.